The van der Waals surface area contributed by atoms with Crippen LogP contribution in [0, 0.1) is 5.82 Å². The standard InChI is InChI=1S/C20H24F4N4O3S/c21-15-5-6-19-14(7-15)9-27(32(29,30)20(22,23)24)11-17(12-31-18-3-1-2-4-18)28(19)10-16-8-25-13-26-16/h5-8,13,17-18H,1-4,9-12H2,(H,25,26)/t17-/m1/s1. The quantitative estimate of drug-likeness (QED) is 0.646. The number of alkyl halides is 3. The molecule has 0 saturated heterocycles. The molecule has 1 atom stereocenters. The summed E-state index contributed by atoms with van der Waals surface area (Å²) < 4.78 is 85.2. The Morgan fingerprint density at radius 1 is 1.22 bits per heavy atom. The molecule has 0 bridgehead atoms. The van der Waals surface area contributed by atoms with Crippen LogP contribution >= 0.6 is 0 Å². The van der Waals surface area contributed by atoms with Crippen molar-refractivity contribution in [3.8, 4) is 0 Å². The van der Waals surface area contributed by atoms with Gasteiger partial charge in [0.25, 0.3) is 0 Å². The lowest BCUT2D eigenvalue weighted by Crippen LogP contribution is -2.49. The molecule has 7 nitrogen and oxygen atoms in total. The van der Waals surface area contributed by atoms with Crippen molar-refractivity contribution in [1.29, 1.82) is 0 Å². The fraction of sp³-hybridized carbons (Fsp3) is 0.550. The van der Waals surface area contributed by atoms with E-state index in [0.717, 1.165) is 31.7 Å². The van der Waals surface area contributed by atoms with Crippen LogP contribution in [0.3, 0.4) is 0 Å². The SMILES string of the molecule is O=S(=O)(N1Cc2cc(F)ccc2N(Cc2cnc[nH]2)[C@@H](COC2CCCC2)C1)C(F)(F)F. The van der Waals surface area contributed by atoms with Crippen molar-refractivity contribution in [2.75, 3.05) is 18.1 Å². The number of nitrogens with one attached hydrogen (secondary N) is 1. The van der Waals surface area contributed by atoms with Crippen LogP contribution in [0.2, 0.25) is 0 Å². The Hall–Kier alpha value is -2.18. The Morgan fingerprint density at radius 3 is 2.62 bits per heavy atom. The van der Waals surface area contributed by atoms with Crippen LogP contribution in [0.25, 0.3) is 0 Å². The van der Waals surface area contributed by atoms with E-state index in [9.17, 15) is 26.0 Å². The zero-order chi connectivity index (χ0) is 22.9. The minimum atomic E-state index is -5.63. The summed E-state index contributed by atoms with van der Waals surface area (Å²) in [6, 6.07) is 3.03. The predicted molar refractivity (Wildman–Crippen MR) is 109 cm³/mol. The number of sulfonamides is 1. The molecule has 1 aliphatic heterocycles. The molecule has 12 heteroatoms. The average Bonchev–Trinajstić information content (AvgIpc) is 3.40. The van der Waals surface area contributed by atoms with Gasteiger partial charge in [-0.3, -0.25) is 0 Å². The first-order chi connectivity index (χ1) is 15.1. The number of fused-ring (bicyclic) bond motifs is 1. The lowest BCUT2D eigenvalue weighted by atomic mass is 10.1. The van der Waals surface area contributed by atoms with Crippen LogP contribution in [0.5, 0.6) is 0 Å². The Morgan fingerprint density at radius 2 is 1.97 bits per heavy atom. The highest BCUT2D eigenvalue weighted by atomic mass is 32.2. The minimum Gasteiger partial charge on any atom is -0.376 e. The number of imidazole rings is 1. The average molecular weight is 476 g/mol. The second-order valence-corrected chi connectivity index (χ2v) is 10.0. The van der Waals surface area contributed by atoms with Gasteiger partial charge in [-0.1, -0.05) is 12.8 Å². The van der Waals surface area contributed by atoms with Crippen molar-refractivity contribution in [3.05, 3.63) is 47.8 Å². The molecule has 1 aromatic heterocycles. The van der Waals surface area contributed by atoms with Crippen molar-refractivity contribution in [2.45, 2.75) is 56.4 Å². The van der Waals surface area contributed by atoms with Gasteiger partial charge in [0, 0.05) is 25.0 Å². The Bertz CT molecular complexity index is 1020. The summed E-state index contributed by atoms with van der Waals surface area (Å²) in [5.41, 5.74) is -4.17. The molecule has 32 heavy (non-hydrogen) atoms. The molecule has 1 saturated carbocycles. The van der Waals surface area contributed by atoms with Crippen molar-refractivity contribution in [3.63, 3.8) is 0 Å². The second kappa shape index (κ2) is 8.99. The third-order valence-electron chi connectivity index (χ3n) is 5.91. The van der Waals surface area contributed by atoms with Gasteiger partial charge in [0.1, 0.15) is 5.82 Å². The third-order valence-corrected chi connectivity index (χ3v) is 7.45. The Balaban J connectivity index is 1.73. The first kappa shape index (κ1) is 23.0. The highest BCUT2D eigenvalue weighted by Gasteiger charge is 2.51. The van der Waals surface area contributed by atoms with Crippen molar-refractivity contribution < 1.29 is 30.7 Å². The molecule has 0 amide bonds. The first-order valence-electron chi connectivity index (χ1n) is 10.4. The summed E-state index contributed by atoms with van der Waals surface area (Å²) in [6.45, 7) is -0.774. The molecule has 1 fully saturated rings. The van der Waals surface area contributed by atoms with Crippen LogP contribution in [0.1, 0.15) is 36.9 Å². The lowest BCUT2D eigenvalue weighted by molar-refractivity contribution is -0.0495. The number of nitrogens with zero attached hydrogens (tertiary/aromatic N) is 3. The molecule has 4 rings (SSSR count). The second-order valence-electron chi connectivity index (χ2n) is 8.11. The van der Waals surface area contributed by atoms with Crippen LogP contribution < -0.4 is 4.90 Å². The number of aromatic amines is 1. The summed E-state index contributed by atoms with van der Waals surface area (Å²) in [5, 5.41) is 0. The number of hydrogen-bond acceptors (Lipinski definition) is 5. The van der Waals surface area contributed by atoms with E-state index in [-0.39, 0.29) is 24.8 Å². The molecule has 2 aliphatic rings. The number of benzene rings is 1. The van der Waals surface area contributed by atoms with E-state index in [1.807, 2.05) is 0 Å². The number of halogens is 4. The molecule has 2 aromatic rings. The number of H-pyrrole nitrogens is 1. The maximum Gasteiger partial charge on any atom is 0.511 e. The van der Waals surface area contributed by atoms with Crippen LogP contribution in [0.15, 0.2) is 30.7 Å². The fourth-order valence-electron chi connectivity index (χ4n) is 4.29. The van der Waals surface area contributed by atoms with Gasteiger partial charge in [0.2, 0.25) is 0 Å². The summed E-state index contributed by atoms with van der Waals surface area (Å²) in [5.74, 6) is -0.657. The monoisotopic (exact) mass is 476 g/mol. The minimum absolute atomic E-state index is 0.00683. The number of anilines is 1. The fourth-order valence-corrected chi connectivity index (χ4v) is 5.26. The van der Waals surface area contributed by atoms with E-state index in [1.54, 1.807) is 11.1 Å². The molecule has 0 spiro atoms. The van der Waals surface area contributed by atoms with E-state index in [4.69, 9.17) is 4.74 Å². The normalized spacial score (nSPS) is 21.0. The lowest BCUT2D eigenvalue weighted by Gasteiger charge is -2.34. The van der Waals surface area contributed by atoms with Gasteiger partial charge in [-0.15, -0.1) is 0 Å². The van der Waals surface area contributed by atoms with E-state index < -0.39 is 40.5 Å². The van der Waals surface area contributed by atoms with Gasteiger partial charge in [0.15, 0.2) is 0 Å². The van der Waals surface area contributed by atoms with Crippen LogP contribution in [0.4, 0.5) is 23.2 Å². The number of ether oxygens (including phenoxy) is 1. The van der Waals surface area contributed by atoms with Gasteiger partial charge in [0.05, 0.1) is 37.3 Å². The van der Waals surface area contributed by atoms with Gasteiger partial charge in [-0.05, 0) is 36.6 Å². The number of rotatable bonds is 6. The largest absolute Gasteiger partial charge is 0.511 e. The molecular weight excluding hydrogens is 452 g/mol. The Kier molecular flexibility index (Phi) is 6.46. The zero-order valence-corrected chi connectivity index (χ0v) is 18.0. The summed E-state index contributed by atoms with van der Waals surface area (Å²) in [6.07, 6.45) is 6.80. The molecule has 2 heterocycles. The van der Waals surface area contributed by atoms with E-state index in [0.29, 0.717) is 15.7 Å². The third kappa shape index (κ3) is 4.76. The van der Waals surface area contributed by atoms with E-state index in [2.05, 4.69) is 9.97 Å². The smallest absolute Gasteiger partial charge is 0.376 e. The van der Waals surface area contributed by atoms with Crippen LogP contribution in [-0.4, -0.2) is 53.5 Å². The summed E-state index contributed by atoms with van der Waals surface area (Å²) in [7, 11) is -5.63. The van der Waals surface area contributed by atoms with Gasteiger partial charge < -0.3 is 14.6 Å². The zero-order valence-electron chi connectivity index (χ0n) is 17.2. The molecule has 1 N–H and O–H groups in total. The Labute approximate surface area is 183 Å². The predicted octanol–water partition coefficient (Wildman–Crippen LogP) is 3.55. The highest BCUT2D eigenvalue weighted by molar-refractivity contribution is 7.89. The van der Waals surface area contributed by atoms with Crippen molar-refractivity contribution in [2.24, 2.45) is 0 Å². The van der Waals surface area contributed by atoms with Gasteiger partial charge in [-0.2, -0.15) is 17.5 Å². The molecular formula is C20H24F4N4O3S. The number of aromatic nitrogens is 2. The molecule has 0 unspecified atom stereocenters. The molecule has 176 valence electrons. The topological polar surface area (TPSA) is 78.5 Å². The maximum absolute atomic E-state index is 14.0. The van der Waals surface area contributed by atoms with Crippen LogP contribution in [-0.2, 0) is 27.8 Å². The van der Waals surface area contributed by atoms with Gasteiger partial charge in [-0.25, -0.2) is 17.8 Å². The maximum atomic E-state index is 14.0. The van der Waals surface area contributed by atoms with E-state index >= 15 is 0 Å². The summed E-state index contributed by atoms with van der Waals surface area (Å²) >= 11 is 0. The summed E-state index contributed by atoms with van der Waals surface area (Å²) in [4.78, 5) is 8.69. The first-order valence-corrected chi connectivity index (χ1v) is 11.8. The van der Waals surface area contributed by atoms with Crippen molar-refractivity contribution in [1.82, 2.24) is 14.3 Å². The van der Waals surface area contributed by atoms with Crippen molar-refractivity contribution >= 4 is 15.7 Å². The molecule has 1 aliphatic carbocycles. The van der Waals surface area contributed by atoms with E-state index in [1.165, 1.54) is 18.5 Å². The number of hydrogen-bond donors (Lipinski definition) is 1. The molecule has 0 radical (unpaired) electrons. The van der Waals surface area contributed by atoms with Gasteiger partial charge >= 0.3 is 15.5 Å². The highest BCUT2D eigenvalue weighted by Crippen LogP contribution is 2.35. The molecule has 1 aromatic carbocycles.